The Morgan fingerprint density at radius 3 is 2.50 bits per heavy atom. The zero-order valence-corrected chi connectivity index (χ0v) is 16.5. The Morgan fingerprint density at radius 2 is 1.82 bits per heavy atom. The van der Waals surface area contributed by atoms with E-state index in [2.05, 4.69) is 10.3 Å². The van der Waals surface area contributed by atoms with Crippen molar-refractivity contribution in [1.29, 1.82) is 0 Å². The van der Waals surface area contributed by atoms with Crippen LogP contribution in [0.3, 0.4) is 0 Å². The number of benzene rings is 1. The number of hydrogen-bond acceptors (Lipinski definition) is 7. The average Bonchev–Trinajstić information content (AvgIpc) is 3.03. The second-order valence-electron chi connectivity index (χ2n) is 6.85. The lowest BCUT2D eigenvalue weighted by molar-refractivity contribution is 0.143. The Kier molecular flexibility index (Phi) is 4.77. The highest BCUT2D eigenvalue weighted by molar-refractivity contribution is 7.89. The van der Waals surface area contributed by atoms with Crippen LogP contribution in [-0.4, -0.2) is 58.7 Å². The molecule has 28 heavy (non-hydrogen) atoms. The number of rotatable bonds is 4. The van der Waals surface area contributed by atoms with Gasteiger partial charge >= 0.3 is 0 Å². The highest BCUT2D eigenvalue weighted by atomic mass is 32.2. The highest BCUT2D eigenvalue weighted by Gasteiger charge is 2.33. The Hall–Kier alpha value is -2.56. The molecule has 1 aromatic carbocycles. The number of aryl methyl sites for hydroxylation is 2. The van der Waals surface area contributed by atoms with Crippen molar-refractivity contribution in [2.24, 2.45) is 0 Å². The van der Waals surface area contributed by atoms with Crippen molar-refractivity contribution in [2.45, 2.75) is 25.4 Å². The van der Waals surface area contributed by atoms with Crippen LogP contribution in [0.15, 0.2) is 44.7 Å². The van der Waals surface area contributed by atoms with E-state index in [1.54, 1.807) is 26.1 Å². The van der Waals surface area contributed by atoms with E-state index in [0.29, 0.717) is 49.7 Å². The quantitative estimate of drug-likeness (QED) is 0.639. The number of sulfonamides is 1. The molecule has 0 bridgehead atoms. The van der Waals surface area contributed by atoms with Crippen LogP contribution in [-0.2, 0) is 16.7 Å². The first-order chi connectivity index (χ1) is 13.4. The van der Waals surface area contributed by atoms with Gasteiger partial charge in [-0.3, -0.25) is 9.69 Å². The van der Waals surface area contributed by atoms with Crippen LogP contribution < -0.4 is 5.56 Å². The Balaban J connectivity index is 1.48. The topological polar surface area (TPSA) is 102 Å². The van der Waals surface area contributed by atoms with Gasteiger partial charge in [0.2, 0.25) is 10.0 Å². The maximum atomic E-state index is 12.9. The summed E-state index contributed by atoms with van der Waals surface area (Å²) >= 11 is 0. The van der Waals surface area contributed by atoms with Gasteiger partial charge in [-0.25, -0.2) is 13.1 Å². The molecule has 3 aromatic rings. The first kappa shape index (κ1) is 18.8. The van der Waals surface area contributed by atoms with Crippen molar-refractivity contribution in [3.63, 3.8) is 0 Å². The highest BCUT2D eigenvalue weighted by Crippen LogP contribution is 2.24. The van der Waals surface area contributed by atoms with Crippen molar-refractivity contribution >= 4 is 20.8 Å². The van der Waals surface area contributed by atoms with Crippen LogP contribution in [0.4, 0.5) is 0 Å². The van der Waals surface area contributed by atoms with Crippen LogP contribution in [0.2, 0.25) is 0 Å². The minimum Gasteiger partial charge on any atom is -0.360 e. The third-order valence-electron chi connectivity index (χ3n) is 4.99. The molecule has 1 aliphatic rings. The van der Waals surface area contributed by atoms with E-state index in [-0.39, 0.29) is 10.5 Å². The molecule has 0 radical (unpaired) electrons. The maximum absolute atomic E-state index is 12.9. The molecule has 1 saturated heterocycles. The van der Waals surface area contributed by atoms with E-state index < -0.39 is 10.0 Å². The lowest BCUT2D eigenvalue weighted by atomic mass is 10.2. The molecule has 9 nitrogen and oxygen atoms in total. The summed E-state index contributed by atoms with van der Waals surface area (Å²) in [5.74, 6) is 0.298. The standard InChI is InChI=1S/C18H21N5O4S/c1-13-17(14(2)27-20-13)28(25,26)22-9-7-21(8-10-22)12-23-18(24)16-6-4-3-5-15(16)11-19-23/h3-6,11H,7-10,12H2,1-2H3. The number of hydrogen-bond donors (Lipinski definition) is 0. The van der Waals surface area contributed by atoms with Gasteiger partial charge in [0, 0.05) is 31.6 Å². The summed E-state index contributed by atoms with van der Waals surface area (Å²) in [6.07, 6.45) is 1.68. The Morgan fingerprint density at radius 1 is 1.11 bits per heavy atom. The molecule has 0 N–H and O–H groups in total. The summed E-state index contributed by atoms with van der Waals surface area (Å²) in [6.45, 7) is 5.21. The van der Waals surface area contributed by atoms with Gasteiger partial charge in [0.1, 0.15) is 10.6 Å². The fraction of sp³-hybridized carbons (Fsp3) is 0.389. The molecule has 148 valence electrons. The van der Waals surface area contributed by atoms with Crippen molar-refractivity contribution < 1.29 is 12.9 Å². The van der Waals surface area contributed by atoms with Gasteiger partial charge in [-0.2, -0.15) is 9.40 Å². The number of fused-ring (bicyclic) bond motifs is 1. The normalized spacial score (nSPS) is 16.6. The summed E-state index contributed by atoms with van der Waals surface area (Å²) in [5.41, 5.74) is 0.218. The molecule has 0 spiro atoms. The molecule has 0 saturated carbocycles. The largest absolute Gasteiger partial charge is 0.360 e. The lowest BCUT2D eigenvalue weighted by Crippen LogP contribution is -2.49. The number of piperazine rings is 1. The summed E-state index contributed by atoms with van der Waals surface area (Å²) in [5, 5.41) is 9.41. The van der Waals surface area contributed by atoms with Crippen LogP contribution in [0.1, 0.15) is 11.5 Å². The molecule has 2 aromatic heterocycles. The first-order valence-electron chi connectivity index (χ1n) is 8.98. The molecule has 0 aliphatic carbocycles. The second kappa shape index (κ2) is 7.12. The van der Waals surface area contributed by atoms with Crippen LogP contribution >= 0.6 is 0 Å². The van der Waals surface area contributed by atoms with Gasteiger partial charge in [-0.1, -0.05) is 23.4 Å². The molecule has 0 unspecified atom stereocenters. The lowest BCUT2D eigenvalue weighted by Gasteiger charge is -2.33. The van der Waals surface area contributed by atoms with Crippen molar-refractivity contribution in [3.8, 4) is 0 Å². The molecule has 0 atom stereocenters. The zero-order valence-electron chi connectivity index (χ0n) is 15.7. The van der Waals surface area contributed by atoms with Gasteiger partial charge in [0.15, 0.2) is 5.76 Å². The molecule has 4 rings (SSSR count). The third-order valence-corrected chi connectivity index (χ3v) is 7.14. The molecule has 1 aliphatic heterocycles. The van der Waals surface area contributed by atoms with Gasteiger partial charge in [-0.05, 0) is 19.9 Å². The molecule has 3 heterocycles. The van der Waals surface area contributed by atoms with Crippen molar-refractivity contribution in [3.05, 3.63) is 52.3 Å². The van der Waals surface area contributed by atoms with E-state index in [4.69, 9.17) is 4.52 Å². The minimum atomic E-state index is -3.65. The van der Waals surface area contributed by atoms with Crippen LogP contribution in [0.25, 0.3) is 10.8 Å². The second-order valence-corrected chi connectivity index (χ2v) is 8.73. The first-order valence-corrected chi connectivity index (χ1v) is 10.4. The van der Waals surface area contributed by atoms with Gasteiger partial charge in [0.05, 0.1) is 18.3 Å². The summed E-state index contributed by atoms with van der Waals surface area (Å²) in [7, 11) is -3.65. The molecular formula is C18H21N5O4S. The minimum absolute atomic E-state index is 0.147. The predicted molar refractivity (Wildman–Crippen MR) is 102 cm³/mol. The smallest absolute Gasteiger partial charge is 0.275 e. The Bertz CT molecular complexity index is 1160. The number of aromatic nitrogens is 3. The third kappa shape index (κ3) is 3.23. The van der Waals surface area contributed by atoms with E-state index >= 15 is 0 Å². The molecule has 10 heteroatoms. The molecule has 0 amide bonds. The molecule has 1 fully saturated rings. The summed E-state index contributed by atoms with van der Waals surface area (Å²) < 4.78 is 33.7. The van der Waals surface area contributed by atoms with Crippen LogP contribution in [0, 0.1) is 13.8 Å². The predicted octanol–water partition coefficient (Wildman–Crippen LogP) is 0.965. The van der Waals surface area contributed by atoms with E-state index in [0.717, 1.165) is 5.39 Å². The molecular weight excluding hydrogens is 382 g/mol. The fourth-order valence-electron chi connectivity index (χ4n) is 3.50. The zero-order chi connectivity index (χ0) is 19.9. The van der Waals surface area contributed by atoms with Crippen molar-refractivity contribution in [1.82, 2.24) is 24.1 Å². The SMILES string of the molecule is Cc1noc(C)c1S(=O)(=O)N1CCN(Cn2ncc3ccccc3c2=O)CC1. The van der Waals surface area contributed by atoms with E-state index in [1.807, 2.05) is 23.1 Å². The van der Waals surface area contributed by atoms with Gasteiger partial charge < -0.3 is 4.52 Å². The van der Waals surface area contributed by atoms with Crippen molar-refractivity contribution in [2.75, 3.05) is 26.2 Å². The van der Waals surface area contributed by atoms with E-state index in [1.165, 1.54) is 8.99 Å². The maximum Gasteiger partial charge on any atom is 0.275 e. The fourth-order valence-corrected chi connectivity index (χ4v) is 5.21. The number of nitrogens with zero attached hydrogens (tertiary/aromatic N) is 5. The van der Waals surface area contributed by atoms with Gasteiger partial charge in [0.25, 0.3) is 5.56 Å². The van der Waals surface area contributed by atoms with Crippen LogP contribution in [0.5, 0.6) is 0 Å². The average molecular weight is 403 g/mol. The van der Waals surface area contributed by atoms with Gasteiger partial charge in [-0.15, -0.1) is 0 Å². The monoisotopic (exact) mass is 403 g/mol. The summed E-state index contributed by atoms with van der Waals surface area (Å²) in [4.78, 5) is 14.8. The van der Waals surface area contributed by atoms with E-state index in [9.17, 15) is 13.2 Å². The Labute approximate surface area is 162 Å². The summed E-state index contributed by atoms with van der Waals surface area (Å²) in [6, 6.07) is 7.33.